The van der Waals surface area contributed by atoms with Gasteiger partial charge in [0.15, 0.2) is 0 Å². The molecule has 2 rings (SSSR count). The number of aliphatic hydroxyl groups excluding tert-OH is 1. The second-order valence-electron chi connectivity index (χ2n) is 7.30. The van der Waals surface area contributed by atoms with Crippen molar-refractivity contribution in [1.82, 2.24) is 4.90 Å². The van der Waals surface area contributed by atoms with E-state index in [0.29, 0.717) is 25.2 Å². The molecule has 6 heteroatoms. The normalized spacial score (nSPS) is 18.0. The van der Waals surface area contributed by atoms with Gasteiger partial charge in [0.25, 0.3) is 0 Å². The van der Waals surface area contributed by atoms with E-state index in [1.54, 1.807) is 4.90 Å². The van der Waals surface area contributed by atoms with Gasteiger partial charge >= 0.3 is 6.09 Å². The van der Waals surface area contributed by atoms with Gasteiger partial charge in [0.2, 0.25) is 5.91 Å². The van der Waals surface area contributed by atoms with E-state index in [1.165, 1.54) is 0 Å². The van der Waals surface area contributed by atoms with E-state index >= 15 is 0 Å². The molecule has 1 atom stereocenters. The lowest BCUT2D eigenvalue weighted by molar-refractivity contribution is -0.128. The van der Waals surface area contributed by atoms with Crippen molar-refractivity contribution >= 4 is 17.7 Å². The van der Waals surface area contributed by atoms with E-state index in [-0.39, 0.29) is 18.4 Å². The Bertz CT molecular complexity index is 622. The molecule has 2 N–H and O–H groups in total. The lowest BCUT2D eigenvalue weighted by atomic mass is 10.1. The summed E-state index contributed by atoms with van der Waals surface area (Å²) in [7, 11) is 0. The van der Waals surface area contributed by atoms with Crippen molar-refractivity contribution in [2.24, 2.45) is 5.92 Å². The summed E-state index contributed by atoms with van der Waals surface area (Å²) in [6, 6.07) is 5.58. The van der Waals surface area contributed by atoms with Crippen molar-refractivity contribution in [2.75, 3.05) is 18.5 Å². The molecule has 1 heterocycles. The number of nitrogens with one attached hydrogen (secondary N) is 1. The molecular weight excluding hydrogens is 308 g/mol. The summed E-state index contributed by atoms with van der Waals surface area (Å²) in [5, 5.41) is 11.9. The van der Waals surface area contributed by atoms with Crippen LogP contribution >= 0.6 is 0 Å². The van der Waals surface area contributed by atoms with Gasteiger partial charge in [-0.3, -0.25) is 10.1 Å². The van der Waals surface area contributed by atoms with Crippen LogP contribution in [0, 0.1) is 12.8 Å². The molecule has 24 heavy (non-hydrogen) atoms. The first-order valence-corrected chi connectivity index (χ1v) is 8.16. The van der Waals surface area contributed by atoms with Crippen LogP contribution in [0.3, 0.4) is 0 Å². The van der Waals surface area contributed by atoms with E-state index < -0.39 is 11.7 Å². The summed E-state index contributed by atoms with van der Waals surface area (Å²) in [5.41, 5.74) is 2.09. The van der Waals surface area contributed by atoms with Crippen molar-refractivity contribution in [1.29, 1.82) is 0 Å². The number of hydrogen-bond donors (Lipinski definition) is 2. The van der Waals surface area contributed by atoms with Crippen molar-refractivity contribution in [3.05, 3.63) is 29.3 Å². The van der Waals surface area contributed by atoms with Gasteiger partial charge in [0.1, 0.15) is 5.60 Å². The summed E-state index contributed by atoms with van der Waals surface area (Å²) < 4.78 is 5.25. The first-order valence-electron chi connectivity index (χ1n) is 8.16. The van der Waals surface area contributed by atoms with E-state index in [0.717, 1.165) is 11.1 Å². The number of benzene rings is 1. The molecule has 2 amide bonds. The Morgan fingerprint density at radius 3 is 2.71 bits per heavy atom. The summed E-state index contributed by atoms with van der Waals surface area (Å²) in [6.07, 6.45) is -0.110. The Morgan fingerprint density at radius 1 is 1.42 bits per heavy atom. The van der Waals surface area contributed by atoms with Gasteiger partial charge in [-0.2, -0.15) is 0 Å². The molecule has 132 valence electrons. The van der Waals surface area contributed by atoms with E-state index in [1.807, 2.05) is 45.9 Å². The maximum absolute atomic E-state index is 12.0. The monoisotopic (exact) mass is 334 g/mol. The smallest absolute Gasteiger partial charge is 0.412 e. The number of aryl methyl sites for hydroxylation is 1. The van der Waals surface area contributed by atoms with Gasteiger partial charge in [-0.05, 0) is 51.0 Å². The summed E-state index contributed by atoms with van der Waals surface area (Å²) in [4.78, 5) is 25.6. The minimum Gasteiger partial charge on any atom is -0.444 e. The Hall–Kier alpha value is -2.08. The Kier molecular flexibility index (Phi) is 5.49. The summed E-state index contributed by atoms with van der Waals surface area (Å²) in [6.45, 7) is 8.47. The highest BCUT2D eigenvalue weighted by atomic mass is 16.6. The largest absolute Gasteiger partial charge is 0.444 e. The summed E-state index contributed by atoms with van der Waals surface area (Å²) in [5.74, 6) is 0.0693. The highest BCUT2D eigenvalue weighted by Crippen LogP contribution is 2.23. The van der Waals surface area contributed by atoms with E-state index in [2.05, 4.69) is 5.32 Å². The quantitative estimate of drug-likeness (QED) is 0.887. The standard InChI is InChI=1S/C18H26N2O4/c1-12-5-6-15(19-17(23)24-18(2,3)4)8-14(12)10-20-9-13(11-21)7-16(20)22/h5-6,8,13,21H,7,9-11H2,1-4H3,(H,19,23). The lowest BCUT2D eigenvalue weighted by Gasteiger charge is -2.21. The van der Waals surface area contributed by atoms with Gasteiger partial charge in [-0.15, -0.1) is 0 Å². The third kappa shape index (κ3) is 4.96. The second kappa shape index (κ2) is 7.21. The number of amides is 2. The van der Waals surface area contributed by atoms with Crippen molar-refractivity contribution in [3.63, 3.8) is 0 Å². The minimum atomic E-state index is -0.557. The molecule has 0 radical (unpaired) electrons. The molecule has 1 fully saturated rings. The van der Waals surface area contributed by atoms with Gasteiger partial charge in [0, 0.05) is 37.7 Å². The molecule has 0 aromatic heterocycles. The fourth-order valence-electron chi connectivity index (χ4n) is 2.68. The molecular formula is C18H26N2O4. The number of carbonyl (C=O) groups is 2. The van der Waals surface area contributed by atoms with E-state index in [4.69, 9.17) is 4.74 Å². The molecule has 0 bridgehead atoms. The topological polar surface area (TPSA) is 78.9 Å². The Morgan fingerprint density at radius 2 is 2.12 bits per heavy atom. The molecule has 1 unspecified atom stereocenters. The zero-order valence-electron chi connectivity index (χ0n) is 14.8. The van der Waals surface area contributed by atoms with Crippen LogP contribution in [-0.2, 0) is 16.1 Å². The zero-order valence-corrected chi connectivity index (χ0v) is 14.8. The number of anilines is 1. The van der Waals surface area contributed by atoms with Gasteiger partial charge < -0.3 is 14.7 Å². The first kappa shape index (κ1) is 18.3. The van der Waals surface area contributed by atoms with Crippen LogP contribution in [0.15, 0.2) is 18.2 Å². The fraction of sp³-hybridized carbons (Fsp3) is 0.556. The SMILES string of the molecule is Cc1ccc(NC(=O)OC(C)(C)C)cc1CN1CC(CO)CC1=O. The van der Waals surface area contributed by atoms with E-state index in [9.17, 15) is 14.7 Å². The van der Waals surface area contributed by atoms with Gasteiger partial charge in [0.05, 0.1) is 0 Å². The van der Waals surface area contributed by atoms with Crippen LogP contribution in [-0.4, -0.2) is 40.8 Å². The van der Waals surface area contributed by atoms with Crippen molar-refractivity contribution in [3.8, 4) is 0 Å². The first-order chi connectivity index (χ1) is 11.2. The number of ether oxygens (including phenoxy) is 1. The molecule has 1 saturated heterocycles. The highest BCUT2D eigenvalue weighted by Gasteiger charge is 2.29. The van der Waals surface area contributed by atoms with Crippen LogP contribution in [0.4, 0.5) is 10.5 Å². The molecule has 6 nitrogen and oxygen atoms in total. The summed E-state index contributed by atoms with van der Waals surface area (Å²) >= 11 is 0. The average Bonchev–Trinajstić information content (AvgIpc) is 2.81. The van der Waals surface area contributed by atoms with Crippen molar-refractivity contribution < 1.29 is 19.4 Å². The number of nitrogens with zero attached hydrogens (tertiary/aromatic N) is 1. The van der Waals surface area contributed by atoms with Crippen LogP contribution < -0.4 is 5.32 Å². The minimum absolute atomic E-state index is 0.0147. The molecule has 0 saturated carbocycles. The van der Waals surface area contributed by atoms with Crippen molar-refractivity contribution in [2.45, 2.75) is 46.3 Å². The van der Waals surface area contributed by atoms with Gasteiger partial charge in [-0.1, -0.05) is 6.07 Å². The van der Waals surface area contributed by atoms with Crippen LogP contribution in [0.2, 0.25) is 0 Å². The molecule has 1 aliphatic rings. The average molecular weight is 334 g/mol. The molecule has 1 aromatic carbocycles. The number of likely N-dealkylation sites (tertiary alicyclic amines) is 1. The number of rotatable bonds is 4. The highest BCUT2D eigenvalue weighted by molar-refractivity contribution is 5.85. The Balaban J connectivity index is 2.06. The molecule has 0 aliphatic carbocycles. The maximum atomic E-state index is 12.0. The third-order valence-corrected chi connectivity index (χ3v) is 3.91. The second-order valence-corrected chi connectivity index (χ2v) is 7.30. The predicted molar refractivity (Wildman–Crippen MR) is 91.6 cm³/mol. The van der Waals surface area contributed by atoms with Crippen LogP contribution in [0.25, 0.3) is 0 Å². The lowest BCUT2D eigenvalue weighted by Crippen LogP contribution is -2.27. The van der Waals surface area contributed by atoms with Gasteiger partial charge in [-0.25, -0.2) is 4.79 Å². The third-order valence-electron chi connectivity index (χ3n) is 3.91. The Labute approximate surface area is 142 Å². The molecule has 1 aliphatic heterocycles. The number of aliphatic hydroxyl groups is 1. The molecule has 1 aromatic rings. The zero-order chi connectivity index (χ0) is 17.9. The predicted octanol–water partition coefficient (Wildman–Crippen LogP) is 2.68. The maximum Gasteiger partial charge on any atom is 0.412 e. The molecule has 0 spiro atoms. The number of carbonyl (C=O) groups excluding carboxylic acids is 2. The number of hydrogen-bond acceptors (Lipinski definition) is 4. The van der Waals surface area contributed by atoms with Crippen LogP contribution in [0.1, 0.15) is 38.3 Å². The van der Waals surface area contributed by atoms with Crippen LogP contribution in [0.5, 0.6) is 0 Å². The fourth-order valence-corrected chi connectivity index (χ4v) is 2.68.